The van der Waals surface area contributed by atoms with Gasteiger partial charge in [-0.15, -0.1) is 0 Å². The van der Waals surface area contributed by atoms with Gasteiger partial charge in [0.05, 0.1) is 21.9 Å². The molecule has 3 aromatic heterocycles. The number of rotatable bonds is 7. The Balaban J connectivity index is 0.822. The fourth-order valence-electron chi connectivity index (χ4n) is 11.8. The lowest BCUT2D eigenvalue weighted by atomic mass is 9.82. The molecule has 1 unspecified atom stereocenters. The van der Waals surface area contributed by atoms with Crippen molar-refractivity contribution in [3.8, 4) is 67.3 Å². The zero-order valence-electron chi connectivity index (χ0n) is 39.6. The summed E-state index contributed by atoms with van der Waals surface area (Å²) in [6.07, 6.45) is 9.71. The monoisotopic (exact) mass is 908 g/mol. The summed E-state index contributed by atoms with van der Waals surface area (Å²) in [5.41, 5.74) is 20.5. The Bertz CT molecular complexity index is 4200. The first-order valence-electron chi connectivity index (χ1n) is 24.7. The second kappa shape index (κ2) is 16.1. The average molecular weight is 909 g/mol. The van der Waals surface area contributed by atoms with Gasteiger partial charge in [0, 0.05) is 56.4 Å². The molecule has 0 N–H and O–H groups in total. The van der Waals surface area contributed by atoms with Crippen molar-refractivity contribution in [1.82, 2.24) is 19.1 Å². The highest BCUT2D eigenvalue weighted by Gasteiger charge is 2.35. The number of para-hydroxylation sites is 2. The van der Waals surface area contributed by atoms with Gasteiger partial charge in [0.2, 0.25) is 5.95 Å². The minimum atomic E-state index is -0.0731. The van der Waals surface area contributed by atoms with Crippen LogP contribution in [0, 0.1) is 0 Å². The highest BCUT2D eigenvalue weighted by Crippen LogP contribution is 2.49. The molecule has 4 nitrogen and oxygen atoms in total. The molecule has 0 saturated heterocycles. The normalized spacial score (nSPS) is 14.5. The third-order valence-electron chi connectivity index (χ3n) is 15.4. The molecule has 14 rings (SSSR count). The summed E-state index contributed by atoms with van der Waals surface area (Å²) in [5.74, 6) is 0.870. The van der Waals surface area contributed by atoms with Crippen molar-refractivity contribution in [1.29, 1.82) is 0 Å². The van der Waals surface area contributed by atoms with Crippen LogP contribution in [-0.4, -0.2) is 19.1 Å². The lowest BCUT2D eigenvalue weighted by molar-refractivity contribution is 0.660. The third kappa shape index (κ3) is 6.66. The van der Waals surface area contributed by atoms with E-state index < -0.39 is 0 Å². The Kier molecular flexibility index (Phi) is 9.34. The first-order valence-corrected chi connectivity index (χ1v) is 24.7. The van der Waals surface area contributed by atoms with Gasteiger partial charge in [-0.05, 0) is 128 Å². The van der Waals surface area contributed by atoms with E-state index in [1.165, 1.54) is 82.6 Å². The van der Waals surface area contributed by atoms with Crippen molar-refractivity contribution in [3.05, 3.63) is 252 Å². The molecule has 0 saturated carbocycles. The summed E-state index contributed by atoms with van der Waals surface area (Å²) in [6.45, 7) is 4.72. The average Bonchev–Trinajstić information content (AvgIpc) is 4.03. The molecular weight excluding hydrogens is 861 g/mol. The maximum Gasteiger partial charge on any atom is 0.234 e. The number of aromatic nitrogens is 4. The fraction of sp³-hybridized carbons (Fsp3) is 0.0746. The first-order chi connectivity index (χ1) is 34.9. The second-order valence-corrected chi connectivity index (χ2v) is 19.8. The number of hydrogen-bond acceptors (Lipinski definition) is 2. The molecule has 1 atom stereocenters. The van der Waals surface area contributed by atoms with Gasteiger partial charge in [0.1, 0.15) is 0 Å². The summed E-state index contributed by atoms with van der Waals surface area (Å²) in [4.78, 5) is 10.3. The highest BCUT2D eigenvalue weighted by molar-refractivity contribution is 6.09. The maximum absolute atomic E-state index is 5.13. The van der Waals surface area contributed by atoms with E-state index in [-0.39, 0.29) is 11.3 Å². The van der Waals surface area contributed by atoms with Crippen LogP contribution in [-0.2, 0) is 5.41 Å². The van der Waals surface area contributed by atoms with E-state index in [4.69, 9.17) is 9.97 Å². The molecule has 12 aromatic rings. The lowest BCUT2D eigenvalue weighted by Gasteiger charge is -2.22. The summed E-state index contributed by atoms with van der Waals surface area (Å²) < 4.78 is 4.71. The van der Waals surface area contributed by atoms with Crippen molar-refractivity contribution in [2.24, 2.45) is 0 Å². The summed E-state index contributed by atoms with van der Waals surface area (Å²) >= 11 is 0. The number of hydrogen-bond donors (Lipinski definition) is 0. The fourth-order valence-corrected chi connectivity index (χ4v) is 11.8. The van der Waals surface area contributed by atoms with Crippen LogP contribution in [0.4, 0.5) is 0 Å². The minimum Gasteiger partial charge on any atom is -0.309 e. The van der Waals surface area contributed by atoms with Gasteiger partial charge in [-0.2, -0.15) is 0 Å². The molecule has 0 bridgehead atoms. The highest BCUT2D eigenvalue weighted by atomic mass is 15.1. The predicted molar refractivity (Wildman–Crippen MR) is 294 cm³/mol. The number of nitrogens with zero attached hydrogens (tertiary/aromatic N) is 4. The van der Waals surface area contributed by atoms with E-state index in [0.29, 0.717) is 5.95 Å². The van der Waals surface area contributed by atoms with Crippen LogP contribution in [0.15, 0.2) is 225 Å². The zero-order chi connectivity index (χ0) is 47.2. The lowest BCUT2D eigenvalue weighted by Crippen LogP contribution is -2.32. The molecule has 2 aliphatic rings. The zero-order valence-corrected chi connectivity index (χ0v) is 39.6. The van der Waals surface area contributed by atoms with E-state index in [2.05, 4.69) is 247 Å². The summed E-state index contributed by atoms with van der Waals surface area (Å²) in [7, 11) is 0. The van der Waals surface area contributed by atoms with Crippen LogP contribution >= 0.6 is 0 Å². The van der Waals surface area contributed by atoms with Crippen LogP contribution in [0.3, 0.4) is 0 Å². The van der Waals surface area contributed by atoms with Gasteiger partial charge < -0.3 is 4.57 Å². The minimum absolute atomic E-state index is 0.0731. The van der Waals surface area contributed by atoms with Crippen molar-refractivity contribution in [2.75, 3.05) is 0 Å². The SMILES string of the molecule is CC1(C)c2ccccc2-c2ccc(-n3c4ccccc4c4cc(C5C=c6c(n(-c7ncc(-c8cc(-c9ccccc9)cc(-c9ccc(-c%10ccccc%10)cc9)c8)cn7)c7ccccc67)=CC5)ccc43)cc21. The quantitative estimate of drug-likeness (QED) is 0.160. The van der Waals surface area contributed by atoms with Crippen molar-refractivity contribution >= 4 is 44.9 Å². The smallest absolute Gasteiger partial charge is 0.234 e. The molecule has 0 amide bonds. The maximum atomic E-state index is 5.13. The molecule has 0 aliphatic heterocycles. The molecule has 0 radical (unpaired) electrons. The Morgan fingerprint density at radius 2 is 0.972 bits per heavy atom. The third-order valence-corrected chi connectivity index (χ3v) is 15.4. The molecule has 4 heteroatoms. The van der Waals surface area contributed by atoms with E-state index in [1.807, 2.05) is 12.4 Å². The van der Waals surface area contributed by atoms with Gasteiger partial charge in [0.15, 0.2) is 0 Å². The standard InChI is InChI=1S/C67H48N4/c1-67(2)60-22-12-9-19-54(60)55-32-31-53(40-61(55)67)70-62-23-13-10-20-56(62)58-38-47(29-33-64(58)70)48-30-34-65-59(39-48)57-21-11-14-24-63(57)71(65)66-68-41-52(42-69-66)51-36-49(44-17-7-4-8-18-44)35-50(37-51)46-27-25-45(26-28-46)43-15-5-3-6-16-43/h3-29,31-42,48H,30H2,1-2H3. The van der Waals surface area contributed by atoms with Crippen molar-refractivity contribution < 1.29 is 0 Å². The van der Waals surface area contributed by atoms with Crippen LogP contribution < -0.4 is 10.6 Å². The summed E-state index contributed by atoms with van der Waals surface area (Å²) in [6, 6.07) is 77.5. The van der Waals surface area contributed by atoms with Gasteiger partial charge in [-0.1, -0.05) is 184 Å². The van der Waals surface area contributed by atoms with Crippen LogP contribution in [0.5, 0.6) is 0 Å². The predicted octanol–water partition coefficient (Wildman–Crippen LogP) is 15.2. The van der Waals surface area contributed by atoms with Gasteiger partial charge in [0.25, 0.3) is 0 Å². The van der Waals surface area contributed by atoms with E-state index >= 15 is 0 Å². The molecule has 336 valence electrons. The van der Waals surface area contributed by atoms with Crippen LogP contribution in [0.25, 0.3) is 112 Å². The van der Waals surface area contributed by atoms with Gasteiger partial charge >= 0.3 is 0 Å². The van der Waals surface area contributed by atoms with E-state index in [9.17, 15) is 0 Å². The molecule has 2 aliphatic carbocycles. The second-order valence-electron chi connectivity index (χ2n) is 19.8. The van der Waals surface area contributed by atoms with Gasteiger partial charge in [-0.25, -0.2) is 9.97 Å². The van der Waals surface area contributed by atoms with Gasteiger partial charge in [-0.3, -0.25) is 4.57 Å². The largest absolute Gasteiger partial charge is 0.309 e. The Morgan fingerprint density at radius 3 is 1.69 bits per heavy atom. The number of fused-ring (bicyclic) bond motifs is 9. The molecule has 9 aromatic carbocycles. The Morgan fingerprint density at radius 1 is 0.423 bits per heavy atom. The summed E-state index contributed by atoms with van der Waals surface area (Å²) in [5, 5.41) is 6.12. The number of benzene rings is 9. The van der Waals surface area contributed by atoms with Crippen LogP contribution in [0.2, 0.25) is 0 Å². The van der Waals surface area contributed by atoms with Crippen molar-refractivity contribution in [2.45, 2.75) is 31.6 Å². The molecule has 3 heterocycles. The first kappa shape index (κ1) is 41.1. The molecule has 0 spiro atoms. The molecule has 0 fully saturated rings. The van der Waals surface area contributed by atoms with E-state index in [0.717, 1.165) is 45.1 Å². The Labute approximate surface area is 412 Å². The van der Waals surface area contributed by atoms with Crippen LogP contribution in [0.1, 0.15) is 42.9 Å². The molecule has 71 heavy (non-hydrogen) atoms. The van der Waals surface area contributed by atoms with Crippen molar-refractivity contribution in [3.63, 3.8) is 0 Å². The molecular formula is C67H48N4. The Hall–Kier alpha value is -8.86. The topological polar surface area (TPSA) is 35.6 Å². The van der Waals surface area contributed by atoms with E-state index in [1.54, 1.807) is 0 Å².